The fraction of sp³-hybridized carbons (Fsp3) is 0.250. The molecule has 116 valence electrons. The summed E-state index contributed by atoms with van der Waals surface area (Å²) < 4.78 is 5.16. The van der Waals surface area contributed by atoms with Gasteiger partial charge in [-0.25, -0.2) is 4.98 Å². The first-order chi connectivity index (χ1) is 10.7. The van der Waals surface area contributed by atoms with Crippen LogP contribution >= 0.6 is 11.6 Å². The summed E-state index contributed by atoms with van der Waals surface area (Å²) in [6, 6.07) is 11.5. The van der Waals surface area contributed by atoms with Crippen LogP contribution in [-0.4, -0.2) is 24.6 Å². The number of ether oxygens (including phenoxy) is 1. The zero-order chi connectivity index (χ0) is 15.8. The molecule has 0 unspecified atom stereocenters. The Morgan fingerprint density at radius 1 is 1.32 bits per heavy atom. The minimum Gasteiger partial charge on any atom is -0.380 e. The summed E-state index contributed by atoms with van der Waals surface area (Å²) in [6.07, 6.45) is 2.50. The normalized spacial score (nSPS) is 11.5. The summed E-state index contributed by atoms with van der Waals surface area (Å²) in [5.41, 5.74) is 8.92. The third kappa shape index (κ3) is 5.02. The third-order valence-corrected chi connectivity index (χ3v) is 3.27. The number of pyridine rings is 1. The quantitative estimate of drug-likeness (QED) is 0.488. The number of nitrogens with two attached hydrogens (primary N) is 1. The number of anilines is 1. The predicted molar refractivity (Wildman–Crippen MR) is 90.2 cm³/mol. The van der Waals surface area contributed by atoms with Crippen molar-refractivity contribution in [2.24, 2.45) is 10.7 Å². The van der Waals surface area contributed by atoms with Gasteiger partial charge in [-0.3, -0.25) is 4.99 Å². The lowest BCUT2D eigenvalue weighted by Gasteiger charge is -2.10. The lowest BCUT2D eigenvalue weighted by atomic mass is 10.2. The Morgan fingerprint density at radius 3 is 2.86 bits per heavy atom. The molecule has 0 saturated carbocycles. The van der Waals surface area contributed by atoms with Crippen LogP contribution in [0.5, 0.6) is 0 Å². The Balaban J connectivity index is 1.91. The fourth-order valence-electron chi connectivity index (χ4n) is 1.96. The average molecular weight is 319 g/mol. The largest absolute Gasteiger partial charge is 0.380 e. The maximum atomic E-state index is 5.92. The first-order valence-electron chi connectivity index (χ1n) is 6.93. The van der Waals surface area contributed by atoms with E-state index in [2.05, 4.69) is 15.3 Å². The van der Waals surface area contributed by atoms with Crippen molar-refractivity contribution in [3.63, 3.8) is 0 Å². The first-order valence-corrected chi connectivity index (χ1v) is 7.31. The molecule has 2 rings (SSSR count). The molecule has 0 spiro atoms. The van der Waals surface area contributed by atoms with Crippen LogP contribution in [0, 0.1) is 0 Å². The van der Waals surface area contributed by atoms with Crippen molar-refractivity contribution < 1.29 is 4.74 Å². The van der Waals surface area contributed by atoms with Gasteiger partial charge in [0.15, 0.2) is 5.96 Å². The average Bonchev–Trinajstić information content (AvgIpc) is 2.51. The van der Waals surface area contributed by atoms with Gasteiger partial charge in [0.1, 0.15) is 5.15 Å². The van der Waals surface area contributed by atoms with Crippen molar-refractivity contribution in [2.45, 2.75) is 13.0 Å². The van der Waals surface area contributed by atoms with Gasteiger partial charge in [0.2, 0.25) is 0 Å². The molecule has 0 fully saturated rings. The second-order valence-electron chi connectivity index (χ2n) is 4.72. The number of hydrogen-bond acceptors (Lipinski definition) is 3. The number of guanidine groups is 1. The van der Waals surface area contributed by atoms with E-state index in [1.54, 1.807) is 19.4 Å². The zero-order valence-corrected chi connectivity index (χ0v) is 13.2. The van der Waals surface area contributed by atoms with Crippen LogP contribution in [0.4, 0.5) is 5.69 Å². The van der Waals surface area contributed by atoms with Crippen LogP contribution in [0.15, 0.2) is 47.6 Å². The van der Waals surface area contributed by atoms with Crippen molar-refractivity contribution in [1.29, 1.82) is 0 Å². The van der Waals surface area contributed by atoms with Gasteiger partial charge < -0.3 is 15.8 Å². The van der Waals surface area contributed by atoms with Gasteiger partial charge in [-0.1, -0.05) is 35.9 Å². The molecule has 0 bridgehead atoms. The molecule has 1 aromatic carbocycles. The fourth-order valence-corrected chi connectivity index (χ4v) is 2.07. The Kier molecular flexibility index (Phi) is 6.18. The molecule has 0 aliphatic carbocycles. The van der Waals surface area contributed by atoms with Crippen molar-refractivity contribution in [3.8, 4) is 0 Å². The van der Waals surface area contributed by atoms with E-state index < -0.39 is 0 Å². The predicted octanol–water partition coefficient (Wildman–Crippen LogP) is 2.85. The van der Waals surface area contributed by atoms with Crippen LogP contribution in [0.1, 0.15) is 11.1 Å². The zero-order valence-electron chi connectivity index (χ0n) is 12.4. The van der Waals surface area contributed by atoms with Gasteiger partial charge in [0, 0.05) is 31.1 Å². The molecule has 0 aliphatic rings. The van der Waals surface area contributed by atoms with Gasteiger partial charge >= 0.3 is 0 Å². The summed E-state index contributed by atoms with van der Waals surface area (Å²) >= 11 is 5.75. The third-order valence-electron chi connectivity index (χ3n) is 3.05. The number of rotatable bonds is 6. The highest BCUT2D eigenvalue weighted by atomic mass is 35.5. The van der Waals surface area contributed by atoms with E-state index in [0.29, 0.717) is 24.3 Å². The van der Waals surface area contributed by atoms with E-state index in [9.17, 15) is 0 Å². The van der Waals surface area contributed by atoms with E-state index >= 15 is 0 Å². The number of para-hydroxylation sites is 1. The molecule has 0 saturated heterocycles. The molecule has 1 heterocycles. The summed E-state index contributed by atoms with van der Waals surface area (Å²) in [6.45, 7) is 1.10. The van der Waals surface area contributed by atoms with E-state index in [1.807, 2.05) is 30.3 Å². The van der Waals surface area contributed by atoms with E-state index in [-0.39, 0.29) is 0 Å². The standard InChI is InChI=1S/C16H19ClN4O/c1-22-11-13-4-2-3-5-14(13)21-16(18)19-9-8-12-6-7-15(17)20-10-12/h2-7,10H,8-9,11H2,1H3,(H3,18,19,21). The molecular weight excluding hydrogens is 300 g/mol. The van der Waals surface area contributed by atoms with Crippen LogP contribution in [-0.2, 0) is 17.8 Å². The maximum absolute atomic E-state index is 5.92. The minimum absolute atomic E-state index is 0.380. The SMILES string of the molecule is COCc1ccccc1NC(N)=NCCc1ccc(Cl)nc1. The van der Waals surface area contributed by atoms with Gasteiger partial charge in [-0.2, -0.15) is 0 Å². The smallest absolute Gasteiger partial charge is 0.193 e. The van der Waals surface area contributed by atoms with Gasteiger partial charge in [0.05, 0.1) is 6.61 Å². The second-order valence-corrected chi connectivity index (χ2v) is 5.11. The Morgan fingerprint density at radius 2 is 2.14 bits per heavy atom. The number of nitrogens with zero attached hydrogens (tertiary/aromatic N) is 2. The molecule has 0 radical (unpaired) electrons. The molecule has 22 heavy (non-hydrogen) atoms. The molecule has 3 N–H and O–H groups in total. The minimum atomic E-state index is 0.380. The Bertz CT molecular complexity index is 628. The van der Waals surface area contributed by atoms with Crippen LogP contribution in [0.2, 0.25) is 5.15 Å². The van der Waals surface area contributed by atoms with Crippen molar-refractivity contribution in [2.75, 3.05) is 19.0 Å². The number of methoxy groups -OCH3 is 1. The lowest BCUT2D eigenvalue weighted by Crippen LogP contribution is -2.23. The number of benzene rings is 1. The highest BCUT2D eigenvalue weighted by Gasteiger charge is 2.02. The molecular formula is C16H19ClN4O. The number of aliphatic imine (C=N–C) groups is 1. The molecule has 0 amide bonds. The molecule has 6 heteroatoms. The highest BCUT2D eigenvalue weighted by Crippen LogP contribution is 2.15. The molecule has 0 aliphatic heterocycles. The van der Waals surface area contributed by atoms with Crippen molar-refractivity contribution >= 4 is 23.2 Å². The van der Waals surface area contributed by atoms with E-state index in [1.165, 1.54) is 0 Å². The topological polar surface area (TPSA) is 72.5 Å². The molecule has 2 aromatic rings. The van der Waals surface area contributed by atoms with E-state index in [0.717, 1.165) is 23.2 Å². The van der Waals surface area contributed by atoms with Crippen LogP contribution in [0.25, 0.3) is 0 Å². The highest BCUT2D eigenvalue weighted by molar-refractivity contribution is 6.29. The number of nitrogens with one attached hydrogen (secondary N) is 1. The Labute approximate surface area is 135 Å². The summed E-state index contributed by atoms with van der Waals surface area (Å²) in [5.74, 6) is 0.380. The Hall–Kier alpha value is -2.11. The van der Waals surface area contributed by atoms with Gasteiger partial charge in [-0.15, -0.1) is 0 Å². The molecule has 1 aromatic heterocycles. The summed E-state index contributed by atoms with van der Waals surface area (Å²) in [7, 11) is 1.66. The number of halogens is 1. The maximum Gasteiger partial charge on any atom is 0.193 e. The molecule has 0 atom stereocenters. The van der Waals surface area contributed by atoms with Gasteiger partial charge in [0.25, 0.3) is 0 Å². The summed E-state index contributed by atoms with van der Waals surface area (Å²) in [4.78, 5) is 8.35. The summed E-state index contributed by atoms with van der Waals surface area (Å²) in [5, 5.41) is 3.59. The van der Waals surface area contributed by atoms with Crippen molar-refractivity contribution in [1.82, 2.24) is 4.98 Å². The number of hydrogen-bond donors (Lipinski definition) is 2. The monoisotopic (exact) mass is 318 g/mol. The van der Waals surface area contributed by atoms with Crippen LogP contribution in [0.3, 0.4) is 0 Å². The van der Waals surface area contributed by atoms with Crippen molar-refractivity contribution in [3.05, 3.63) is 58.9 Å². The van der Waals surface area contributed by atoms with Crippen LogP contribution < -0.4 is 11.1 Å². The molecule has 5 nitrogen and oxygen atoms in total. The second kappa shape index (κ2) is 8.36. The lowest BCUT2D eigenvalue weighted by molar-refractivity contribution is 0.185. The first kappa shape index (κ1) is 16.3. The van der Waals surface area contributed by atoms with Gasteiger partial charge in [-0.05, 0) is 24.1 Å². The van der Waals surface area contributed by atoms with E-state index in [4.69, 9.17) is 22.1 Å². The number of aromatic nitrogens is 1.